The number of nitrogens with one attached hydrogen (secondary N) is 1. The smallest absolute Gasteiger partial charge is 0.335 e. The predicted octanol–water partition coefficient (Wildman–Crippen LogP) is 3.36. The molecule has 0 bridgehead atoms. The molecule has 1 aromatic rings. The largest absolute Gasteiger partial charge is 0.478 e. The van der Waals surface area contributed by atoms with Gasteiger partial charge in [0.2, 0.25) is 5.91 Å². The standard InChI is InChI=1S/C19H21F2NO3/c20-19(21)10-18(19)6-5-13(9-18)15(23)22-11-17(7-8-17)14-3-1-12(2-4-14)16(24)25/h1-4,13H,5-11H2,(H,22,23)(H,24,25). The molecule has 0 aliphatic heterocycles. The molecule has 1 spiro atoms. The summed E-state index contributed by atoms with van der Waals surface area (Å²) in [5.74, 6) is -3.96. The van der Waals surface area contributed by atoms with Crippen LogP contribution in [0.25, 0.3) is 0 Å². The molecule has 1 amide bonds. The Labute approximate surface area is 144 Å². The van der Waals surface area contributed by atoms with Crippen LogP contribution in [0.1, 0.15) is 54.4 Å². The number of aromatic carboxylic acids is 1. The van der Waals surface area contributed by atoms with Crippen molar-refractivity contribution in [2.75, 3.05) is 6.54 Å². The van der Waals surface area contributed by atoms with E-state index in [1.807, 2.05) is 0 Å². The molecule has 3 saturated carbocycles. The highest BCUT2D eigenvalue weighted by molar-refractivity contribution is 5.87. The fourth-order valence-corrected chi connectivity index (χ4v) is 4.31. The van der Waals surface area contributed by atoms with E-state index in [0.29, 0.717) is 25.8 Å². The van der Waals surface area contributed by atoms with Crippen molar-refractivity contribution in [2.24, 2.45) is 11.3 Å². The van der Waals surface area contributed by atoms with E-state index in [2.05, 4.69) is 5.32 Å². The van der Waals surface area contributed by atoms with E-state index in [9.17, 15) is 18.4 Å². The second-order valence-electron chi connectivity index (χ2n) is 7.98. The quantitative estimate of drug-likeness (QED) is 0.857. The van der Waals surface area contributed by atoms with Gasteiger partial charge in [0, 0.05) is 29.7 Å². The Morgan fingerprint density at radius 1 is 1.16 bits per heavy atom. The van der Waals surface area contributed by atoms with Gasteiger partial charge in [-0.2, -0.15) is 0 Å². The van der Waals surface area contributed by atoms with E-state index in [0.717, 1.165) is 18.4 Å². The van der Waals surface area contributed by atoms with Gasteiger partial charge in [0.1, 0.15) is 0 Å². The molecular formula is C19H21F2NO3. The number of hydrogen-bond donors (Lipinski definition) is 2. The summed E-state index contributed by atoms with van der Waals surface area (Å²) < 4.78 is 26.9. The maximum Gasteiger partial charge on any atom is 0.335 e. The minimum atomic E-state index is -2.58. The first kappa shape index (κ1) is 16.5. The summed E-state index contributed by atoms with van der Waals surface area (Å²) in [7, 11) is 0. The number of amides is 1. The lowest BCUT2D eigenvalue weighted by Gasteiger charge is -2.19. The molecule has 134 valence electrons. The van der Waals surface area contributed by atoms with E-state index in [1.165, 1.54) is 0 Å². The first-order chi connectivity index (χ1) is 11.8. The summed E-state index contributed by atoms with van der Waals surface area (Å²) in [5.41, 5.74) is 0.227. The number of rotatable bonds is 5. The van der Waals surface area contributed by atoms with Crippen molar-refractivity contribution in [1.82, 2.24) is 5.32 Å². The summed E-state index contributed by atoms with van der Waals surface area (Å²) in [4.78, 5) is 23.3. The lowest BCUT2D eigenvalue weighted by molar-refractivity contribution is -0.125. The van der Waals surface area contributed by atoms with Gasteiger partial charge in [-0.3, -0.25) is 4.79 Å². The first-order valence-electron chi connectivity index (χ1n) is 8.76. The van der Waals surface area contributed by atoms with Gasteiger partial charge in [0.15, 0.2) is 0 Å². The molecule has 6 heteroatoms. The number of alkyl halides is 2. The number of carbonyl (C=O) groups is 2. The Morgan fingerprint density at radius 2 is 1.80 bits per heavy atom. The van der Waals surface area contributed by atoms with Crippen LogP contribution in [0.3, 0.4) is 0 Å². The molecule has 0 radical (unpaired) electrons. The summed E-state index contributed by atoms with van der Waals surface area (Å²) in [6.07, 6.45) is 3.09. The lowest BCUT2D eigenvalue weighted by atomic mass is 9.94. The van der Waals surface area contributed by atoms with Crippen LogP contribution < -0.4 is 5.32 Å². The molecule has 4 rings (SSSR count). The van der Waals surface area contributed by atoms with Crippen molar-refractivity contribution in [2.45, 2.75) is 49.9 Å². The van der Waals surface area contributed by atoms with Crippen LogP contribution in [0, 0.1) is 11.3 Å². The summed E-state index contributed by atoms with van der Waals surface area (Å²) in [6, 6.07) is 6.76. The monoisotopic (exact) mass is 349 g/mol. The molecule has 0 aromatic heterocycles. The number of halogens is 2. The van der Waals surface area contributed by atoms with E-state index >= 15 is 0 Å². The molecule has 0 saturated heterocycles. The van der Waals surface area contributed by atoms with Gasteiger partial charge in [-0.05, 0) is 49.8 Å². The molecule has 2 atom stereocenters. The number of benzene rings is 1. The Balaban J connectivity index is 1.35. The molecule has 2 N–H and O–H groups in total. The highest BCUT2D eigenvalue weighted by Gasteiger charge is 2.72. The van der Waals surface area contributed by atoms with Crippen molar-refractivity contribution in [3.05, 3.63) is 35.4 Å². The number of carboxylic acids is 1. The first-order valence-corrected chi connectivity index (χ1v) is 8.76. The third-order valence-electron chi connectivity index (χ3n) is 6.39. The van der Waals surface area contributed by atoms with Crippen LogP contribution in [-0.4, -0.2) is 29.5 Å². The second kappa shape index (κ2) is 5.26. The van der Waals surface area contributed by atoms with E-state index in [1.54, 1.807) is 24.3 Å². The van der Waals surface area contributed by atoms with Gasteiger partial charge in [-0.1, -0.05) is 12.1 Å². The second-order valence-corrected chi connectivity index (χ2v) is 7.98. The molecule has 0 heterocycles. The number of carboxylic acid groups (broad SMARTS) is 1. The fourth-order valence-electron chi connectivity index (χ4n) is 4.31. The fraction of sp³-hybridized carbons (Fsp3) is 0.579. The minimum absolute atomic E-state index is 0.0658. The van der Waals surface area contributed by atoms with Gasteiger partial charge in [-0.25, -0.2) is 13.6 Å². The van der Waals surface area contributed by atoms with Crippen molar-refractivity contribution >= 4 is 11.9 Å². The Kier molecular flexibility index (Phi) is 3.47. The average molecular weight is 349 g/mol. The maximum atomic E-state index is 13.5. The zero-order valence-electron chi connectivity index (χ0n) is 13.9. The lowest BCUT2D eigenvalue weighted by Crippen LogP contribution is -2.36. The summed E-state index contributed by atoms with van der Waals surface area (Å²) in [5, 5.41) is 11.9. The van der Waals surface area contributed by atoms with Gasteiger partial charge in [-0.15, -0.1) is 0 Å². The predicted molar refractivity (Wildman–Crippen MR) is 86.7 cm³/mol. The van der Waals surface area contributed by atoms with Crippen molar-refractivity contribution < 1.29 is 23.5 Å². The van der Waals surface area contributed by atoms with E-state index in [-0.39, 0.29) is 29.2 Å². The average Bonchev–Trinajstić information content (AvgIpc) is 3.40. The highest BCUT2D eigenvalue weighted by Crippen LogP contribution is 2.69. The summed E-state index contributed by atoms with van der Waals surface area (Å²) >= 11 is 0. The molecule has 1 aromatic carbocycles. The van der Waals surface area contributed by atoms with Crippen molar-refractivity contribution in [3.63, 3.8) is 0 Å². The Morgan fingerprint density at radius 3 is 2.28 bits per heavy atom. The van der Waals surface area contributed by atoms with Gasteiger partial charge in [0.25, 0.3) is 5.92 Å². The zero-order valence-corrected chi connectivity index (χ0v) is 13.9. The Hall–Kier alpha value is -1.98. The van der Waals surface area contributed by atoms with E-state index in [4.69, 9.17) is 5.11 Å². The van der Waals surface area contributed by atoms with Gasteiger partial charge >= 0.3 is 5.97 Å². The topological polar surface area (TPSA) is 66.4 Å². The van der Waals surface area contributed by atoms with Crippen LogP contribution >= 0.6 is 0 Å². The number of carbonyl (C=O) groups excluding carboxylic acids is 1. The minimum Gasteiger partial charge on any atom is -0.478 e. The SMILES string of the molecule is O=C(O)c1ccc(C2(CNC(=O)C3CCC4(C3)CC4(F)F)CC2)cc1. The highest BCUT2D eigenvalue weighted by atomic mass is 19.3. The van der Waals surface area contributed by atoms with Gasteiger partial charge in [0.05, 0.1) is 5.56 Å². The van der Waals surface area contributed by atoms with Crippen LogP contribution in [-0.2, 0) is 10.2 Å². The summed E-state index contributed by atoms with van der Waals surface area (Å²) in [6.45, 7) is 0.484. The third kappa shape index (κ3) is 2.71. The molecule has 2 unspecified atom stereocenters. The molecule has 25 heavy (non-hydrogen) atoms. The third-order valence-corrected chi connectivity index (χ3v) is 6.39. The van der Waals surface area contributed by atoms with Crippen LogP contribution in [0.5, 0.6) is 0 Å². The molecule has 4 nitrogen and oxygen atoms in total. The number of hydrogen-bond acceptors (Lipinski definition) is 2. The van der Waals surface area contributed by atoms with Crippen LogP contribution in [0.2, 0.25) is 0 Å². The molecule has 3 fully saturated rings. The molecular weight excluding hydrogens is 328 g/mol. The van der Waals surface area contributed by atoms with Gasteiger partial charge < -0.3 is 10.4 Å². The van der Waals surface area contributed by atoms with Crippen LogP contribution in [0.4, 0.5) is 8.78 Å². The molecule has 3 aliphatic carbocycles. The van der Waals surface area contributed by atoms with E-state index < -0.39 is 17.3 Å². The van der Waals surface area contributed by atoms with Crippen LogP contribution in [0.15, 0.2) is 24.3 Å². The zero-order chi connectivity index (χ0) is 17.9. The van der Waals surface area contributed by atoms with Crippen molar-refractivity contribution in [1.29, 1.82) is 0 Å². The molecule has 3 aliphatic rings. The normalized spacial score (nSPS) is 30.9. The Bertz CT molecular complexity index is 727. The van der Waals surface area contributed by atoms with Crippen molar-refractivity contribution in [3.8, 4) is 0 Å². The maximum absolute atomic E-state index is 13.5.